The van der Waals surface area contributed by atoms with Crippen molar-refractivity contribution in [2.45, 2.75) is 44.7 Å². The van der Waals surface area contributed by atoms with Crippen LogP contribution >= 0.6 is 0 Å². The Morgan fingerprint density at radius 2 is 2.17 bits per heavy atom. The second-order valence-electron chi connectivity index (χ2n) is 7.00. The van der Waals surface area contributed by atoms with Gasteiger partial charge in [0, 0.05) is 18.7 Å². The number of nitrogens with one attached hydrogen (secondary N) is 2. The molecule has 132 valence electrons. The highest BCUT2D eigenvalue weighted by molar-refractivity contribution is 5.96. The predicted octanol–water partition coefficient (Wildman–Crippen LogP) is 3.90. The Bertz CT molecular complexity index is 602. The molecule has 24 heavy (non-hydrogen) atoms. The summed E-state index contributed by atoms with van der Waals surface area (Å²) in [6.45, 7) is 1.57. The second-order valence-corrected chi connectivity index (χ2v) is 7.00. The maximum atomic E-state index is 12.9. The van der Waals surface area contributed by atoms with Gasteiger partial charge in [-0.3, -0.25) is 4.79 Å². The molecule has 3 rings (SSSR count). The van der Waals surface area contributed by atoms with Crippen LogP contribution in [0.3, 0.4) is 0 Å². The third kappa shape index (κ3) is 3.74. The van der Waals surface area contributed by atoms with Crippen LogP contribution in [0, 0.1) is 11.3 Å². The Morgan fingerprint density at radius 1 is 1.33 bits per heavy atom. The summed E-state index contributed by atoms with van der Waals surface area (Å²) in [4.78, 5) is 12.9. The lowest BCUT2D eigenvalue weighted by Gasteiger charge is -2.37. The molecule has 1 saturated carbocycles. The van der Waals surface area contributed by atoms with E-state index >= 15 is 0 Å². The molecule has 1 aromatic rings. The van der Waals surface area contributed by atoms with E-state index in [4.69, 9.17) is 0 Å². The van der Waals surface area contributed by atoms with Crippen LogP contribution in [0.1, 0.15) is 37.7 Å². The van der Waals surface area contributed by atoms with E-state index in [1.165, 1.54) is 0 Å². The van der Waals surface area contributed by atoms with Crippen LogP contribution in [0.4, 0.5) is 18.9 Å². The highest BCUT2D eigenvalue weighted by Gasteiger charge is 2.49. The van der Waals surface area contributed by atoms with Gasteiger partial charge in [-0.15, -0.1) is 0 Å². The molecule has 0 aromatic heterocycles. The van der Waals surface area contributed by atoms with E-state index in [0.29, 0.717) is 23.7 Å². The van der Waals surface area contributed by atoms with Crippen molar-refractivity contribution in [2.24, 2.45) is 11.3 Å². The number of rotatable bonds is 4. The molecule has 1 heterocycles. The summed E-state index contributed by atoms with van der Waals surface area (Å²) < 4.78 is 37.1. The van der Waals surface area contributed by atoms with Crippen LogP contribution < -0.4 is 10.6 Å². The minimum absolute atomic E-state index is 0.00479. The van der Waals surface area contributed by atoms with Crippen molar-refractivity contribution < 1.29 is 18.0 Å². The Labute approximate surface area is 140 Å². The first-order valence-corrected chi connectivity index (χ1v) is 8.57. The second kappa shape index (κ2) is 6.75. The van der Waals surface area contributed by atoms with Gasteiger partial charge in [0.05, 0.1) is 5.41 Å². The molecule has 0 spiro atoms. The van der Waals surface area contributed by atoms with Crippen molar-refractivity contribution in [2.75, 3.05) is 18.4 Å². The van der Waals surface area contributed by atoms with Gasteiger partial charge >= 0.3 is 6.18 Å². The number of aryl methyl sites for hydroxylation is 1. The fourth-order valence-electron chi connectivity index (χ4n) is 4.04. The summed E-state index contributed by atoms with van der Waals surface area (Å²) in [5.41, 5.74) is 0.817. The molecule has 0 unspecified atom stereocenters. The molecule has 2 aliphatic rings. The number of carbonyl (C=O) groups is 1. The molecule has 2 atom stereocenters. The number of carbonyl (C=O) groups excluding carboxylic acids is 1. The van der Waals surface area contributed by atoms with E-state index in [-0.39, 0.29) is 17.7 Å². The lowest BCUT2D eigenvalue weighted by atomic mass is 9.67. The van der Waals surface area contributed by atoms with Crippen LogP contribution in [0.15, 0.2) is 24.3 Å². The van der Waals surface area contributed by atoms with Crippen LogP contribution in [-0.2, 0) is 11.2 Å². The molecule has 3 nitrogen and oxygen atoms in total. The number of anilines is 1. The molecule has 1 amide bonds. The highest BCUT2D eigenvalue weighted by atomic mass is 19.4. The molecule has 1 aliphatic heterocycles. The first-order chi connectivity index (χ1) is 11.4. The van der Waals surface area contributed by atoms with Gasteiger partial charge in [-0.1, -0.05) is 25.0 Å². The van der Waals surface area contributed by atoms with Gasteiger partial charge in [0.1, 0.15) is 0 Å². The average Bonchev–Trinajstić information content (AvgIpc) is 2.98. The summed E-state index contributed by atoms with van der Waals surface area (Å²) in [5.74, 6) is 0.366. The van der Waals surface area contributed by atoms with E-state index in [2.05, 4.69) is 10.6 Å². The smallest absolute Gasteiger partial charge is 0.326 e. The molecule has 0 bridgehead atoms. The van der Waals surface area contributed by atoms with Crippen LogP contribution in [0.25, 0.3) is 0 Å². The first-order valence-electron chi connectivity index (χ1n) is 8.57. The molecular formula is C18H23F3N2O. The Hall–Kier alpha value is -1.56. The monoisotopic (exact) mass is 340 g/mol. The van der Waals surface area contributed by atoms with Gasteiger partial charge in [-0.25, -0.2) is 0 Å². The van der Waals surface area contributed by atoms with Crippen LogP contribution in [0.2, 0.25) is 0 Å². The number of fused-ring (bicyclic) bond motifs is 1. The molecule has 2 fully saturated rings. The molecule has 1 aliphatic carbocycles. The summed E-state index contributed by atoms with van der Waals surface area (Å²) in [7, 11) is 0. The predicted molar refractivity (Wildman–Crippen MR) is 86.7 cm³/mol. The summed E-state index contributed by atoms with van der Waals surface area (Å²) >= 11 is 0. The van der Waals surface area contributed by atoms with E-state index in [1.54, 1.807) is 24.3 Å². The van der Waals surface area contributed by atoms with Gasteiger partial charge in [-0.05, 0) is 49.4 Å². The molecule has 2 N–H and O–H groups in total. The maximum absolute atomic E-state index is 12.9. The maximum Gasteiger partial charge on any atom is 0.389 e. The average molecular weight is 340 g/mol. The minimum Gasteiger partial charge on any atom is -0.326 e. The van der Waals surface area contributed by atoms with Crippen molar-refractivity contribution in [3.05, 3.63) is 29.8 Å². The zero-order valence-electron chi connectivity index (χ0n) is 13.6. The lowest BCUT2D eigenvalue weighted by Crippen LogP contribution is -2.44. The number of halogens is 3. The van der Waals surface area contributed by atoms with E-state index in [9.17, 15) is 18.0 Å². The number of hydrogen-bond acceptors (Lipinski definition) is 2. The van der Waals surface area contributed by atoms with E-state index < -0.39 is 12.6 Å². The fourth-order valence-corrected chi connectivity index (χ4v) is 4.04. The normalized spacial score (nSPS) is 26.9. The molecular weight excluding hydrogens is 317 g/mol. The zero-order valence-corrected chi connectivity index (χ0v) is 13.6. The van der Waals surface area contributed by atoms with Gasteiger partial charge in [0.2, 0.25) is 5.91 Å². The molecule has 0 radical (unpaired) electrons. The standard InChI is InChI=1S/C18H23F3N2O/c19-18(20,21)9-7-13-4-3-6-15(10-13)23-16(24)17-8-2-1-5-14(17)11-22-12-17/h3-4,6,10,14,22H,1-2,5,7-9,11-12H2,(H,23,24)/t14-,17+/m0/s1. The molecule has 1 saturated heterocycles. The van der Waals surface area contributed by atoms with Gasteiger partial charge in [0.25, 0.3) is 0 Å². The van der Waals surface area contributed by atoms with Crippen molar-refractivity contribution in [1.82, 2.24) is 5.32 Å². The first kappa shape index (κ1) is 17.3. The minimum atomic E-state index is -4.16. The summed E-state index contributed by atoms with van der Waals surface area (Å²) in [6, 6.07) is 6.76. The van der Waals surface area contributed by atoms with E-state index in [1.807, 2.05) is 0 Å². The third-order valence-corrected chi connectivity index (χ3v) is 5.37. The SMILES string of the molecule is O=C(Nc1cccc(CCC(F)(F)F)c1)[C@@]12CCCC[C@H]1CNC2. The third-order valence-electron chi connectivity index (χ3n) is 5.37. The number of alkyl halides is 3. The highest BCUT2D eigenvalue weighted by Crippen LogP contribution is 2.44. The van der Waals surface area contributed by atoms with Gasteiger partial charge in [0.15, 0.2) is 0 Å². The van der Waals surface area contributed by atoms with Gasteiger partial charge < -0.3 is 10.6 Å². The summed E-state index contributed by atoms with van der Waals surface area (Å²) in [6.07, 6.45) is -0.923. The van der Waals surface area contributed by atoms with Crippen molar-refractivity contribution in [3.63, 3.8) is 0 Å². The van der Waals surface area contributed by atoms with Crippen LogP contribution in [-0.4, -0.2) is 25.2 Å². The molecule has 6 heteroatoms. The number of benzene rings is 1. The Balaban J connectivity index is 1.68. The lowest BCUT2D eigenvalue weighted by molar-refractivity contribution is -0.134. The fraction of sp³-hybridized carbons (Fsp3) is 0.611. The van der Waals surface area contributed by atoms with Crippen molar-refractivity contribution in [1.29, 1.82) is 0 Å². The van der Waals surface area contributed by atoms with E-state index in [0.717, 1.165) is 32.2 Å². The van der Waals surface area contributed by atoms with Crippen LogP contribution in [0.5, 0.6) is 0 Å². The number of amides is 1. The van der Waals surface area contributed by atoms with Crippen molar-refractivity contribution in [3.8, 4) is 0 Å². The molecule has 1 aromatic carbocycles. The number of hydrogen-bond donors (Lipinski definition) is 2. The Morgan fingerprint density at radius 3 is 2.96 bits per heavy atom. The largest absolute Gasteiger partial charge is 0.389 e. The Kier molecular flexibility index (Phi) is 4.85. The van der Waals surface area contributed by atoms with Crippen molar-refractivity contribution >= 4 is 11.6 Å². The quantitative estimate of drug-likeness (QED) is 0.873. The summed E-state index contributed by atoms with van der Waals surface area (Å²) in [5, 5.41) is 6.29. The zero-order chi connectivity index (χ0) is 17.2. The topological polar surface area (TPSA) is 41.1 Å². The van der Waals surface area contributed by atoms with Gasteiger partial charge in [-0.2, -0.15) is 13.2 Å².